The van der Waals surface area contributed by atoms with E-state index < -0.39 is 11.8 Å². The summed E-state index contributed by atoms with van der Waals surface area (Å²) in [7, 11) is 0. The number of hydrogen-bond donors (Lipinski definition) is 0. The monoisotopic (exact) mass is 219 g/mol. The van der Waals surface area contributed by atoms with Crippen LogP contribution in [0, 0.1) is 5.82 Å². The average Bonchev–Trinajstić information content (AvgIpc) is 2.99. The van der Waals surface area contributed by atoms with Gasteiger partial charge in [0.25, 0.3) is 0 Å². The quantitative estimate of drug-likeness (QED) is 0.753. The van der Waals surface area contributed by atoms with Gasteiger partial charge in [0.05, 0.1) is 5.52 Å². The molecule has 4 nitrogen and oxygen atoms in total. The zero-order valence-electron chi connectivity index (χ0n) is 8.31. The number of carboxylic acid groups (broad SMARTS) is 1. The van der Waals surface area contributed by atoms with E-state index in [1.54, 1.807) is 16.7 Å². The van der Waals surface area contributed by atoms with Gasteiger partial charge in [-0.25, -0.2) is 9.37 Å². The van der Waals surface area contributed by atoms with E-state index in [1.165, 1.54) is 6.07 Å². The molecular weight excluding hydrogens is 211 g/mol. The van der Waals surface area contributed by atoms with Gasteiger partial charge >= 0.3 is 0 Å². The molecule has 2 aromatic rings. The van der Waals surface area contributed by atoms with Crippen LogP contribution in [0.2, 0.25) is 0 Å². The lowest BCUT2D eigenvalue weighted by atomic mass is 10.3. The predicted octanol–water partition coefficient (Wildman–Crippen LogP) is 0.874. The third-order valence-electron chi connectivity index (χ3n) is 2.77. The lowest BCUT2D eigenvalue weighted by Crippen LogP contribution is -2.26. The highest BCUT2D eigenvalue weighted by Gasteiger charge is 2.29. The number of carbonyl (C=O) groups is 1. The maximum atomic E-state index is 13.4. The molecule has 1 aromatic heterocycles. The molecular formula is C11H8FN2O2-. The van der Waals surface area contributed by atoms with Crippen molar-refractivity contribution in [1.29, 1.82) is 0 Å². The Labute approximate surface area is 90.3 Å². The molecule has 3 rings (SSSR count). The predicted molar refractivity (Wildman–Crippen MR) is 52.3 cm³/mol. The number of aromatic carboxylic acids is 1. The van der Waals surface area contributed by atoms with Gasteiger partial charge in [-0.1, -0.05) is 6.07 Å². The molecule has 0 atom stereocenters. The van der Waals surface area contributed by atoms with Crippen molar-refractivity contribution in [2.24, 2.45) is 0 Å². The van der Waals surface area contributed by atoms with Crippen LogP contribution in [0.1, 0.15) is 29.5 Å². The molecule has 0 N–H and O–H groups in total. The summed E-state index contributed by atoms with van der Waals surface area (Å²) < 4.78 is 15.0. The number of fused-ring (bicyclic) bond motifs is 1. The van der Waals surface area contributed by atoms with Crippen molar-refractivity contribution < 1.29 is 14.3 Å². The molecule has 0 aliphatic heterocycles. The Morgan fingerprint density at radius 2 is 2.25 bits per heavy atom. The number of imidazole rings is 1. The third kappa shape index (κ3) is 1.21. The Bertz CT molecular complexity index is 587. The van der Waals surface area contributed by atoms with Gasteiger partial charge in [-0.15, -0.1) is 0 Å². The molecule has 1 aliphatic rings. The van der Waals surface area contributed by atoms with Crippen molar-refractivity contribution in [3.63, 3.8) is 0 Å². The molecule has 1 fully saturated rings. The second kappa shape index (κ2) is 3.04. The molecule has 0 spiro atoms. The van der Waals surface area contributed by atoms with Crippen LogP contribution in [0.4, 0.5) is 4.39 Å². The first-order valence-electron chi connectivity index (χ1n) is 5.06. The number of carboxylic acids is 1. The summed E-state index contributed by atoms with van der Waals surface area (Å²) in [5.74, 6) is -2.04. The Hall–Kier alpha value is -1.91. The minimum absolute atomic E-state index is 0.105. The van der Waals surface area contributed by atoms with Crippen molar-refractivity contribution >= 4 is 17.0 Å². The first-order valence-corrected chi connectivity index (χ1v) is 5.06. The van der Waals surface area contributed by atoms with Gasteiger partial charge in [0.15, 0.2) is 11.6 Å². The van der Waals surface area contributed by atoms with Crippen LogP contribution >= 0.6 is 0 Å². The van der Waals surface area contributed by atoms with E-state index in [0.29, 0.717) is 5.52 Å². The lowest BCUT2D eigenvalue weighted by molar-refractivity contribution is -0.256. The fourth-order valence-electron chi connectivity index (χ4n) is 1.93. The first kappa shape index (κ1) is 9.33. The average molecular weight is 219 g/mol. The fraction of sp³-hybridized carbons (Fsp3) is 0.273. The highest BCUT2D eigenvalue weighted by Crippen LogP contribution is 2.38. The van der Waals surface area contributed by atoms with Crippen molar-refractivity contribution in [2.75, 3.05) is 0 Å². The topological polar surface area (TPSA) is 57.9 Å². The number of aromatic nitrogens is 2. The molecule has 0 bridgehead atoms. The standard InChI is InChI=1S/C11H9FN2O2/c12-7-2-1-3-8-9(7)13-10(11(15)16)14(8)6-4-5-6/h1-3,6H,4-5H2,(H,15,16)/p-1. The molecule has 5 heteroatoms. The molecule has 0 radical (unpaired) electrons. The minimum Gasteiger partial charge on any atom is -0.542 e. The molecule has 16 heavy (non-hydrogen) atoms. The van der Waals surface area contributed by atoms with E-state index >= 15 is 0 Å². The van der Waals surface area contributed by atoms with Gasteiger partial charge in [-0.05, 0) is 25.0 Å². The summed E-state index contributed by atoms with van der Waals surface area (Å²) in [6, 6.07) is 4.62. The Kier molecular flexibility index (Phi) is 1.77. The normalized spacial score (nSPS) is 15.6. The van der Waals surface area contributed by atoms with E-state index in [4.69, 9.17) is 0 Å². The molecule has 1 heterocycles. The molecule has 0 unspecified atom stereocenters. The van der Waals surface area contributed by atoms with Gasteiger partial charge in [-0.2, -0.15) is 0 Å². The van der Waals surface area contributed by atoms with Crippen molar-refractivity contribution in [1.82, 2.24) is 9.55 Å². The number of halogens is 1. The summed E-state index contributed by atoms with van der Waals surface area (Å²) >= 11 is 0. The van der Waals surface area contributed by atoms with Gasteiger partial charge in [0.1, 0.15) is 11.5 Å². The maximum Gasteiger partial charge on any atom is 0.157 e. The van der Waals surface area contributed by atoms with Gasteiger partial charge < -0.3 is 14.5 Å². The SMILES string of the molecule is O=C([O-])c1nc2c(F)cccc2n1C1CC1. The third-order valence-corrected chi connectivity index (χ3v) is 2.77. The first-order chi connectivity index (χ1) is 7.68. The number of hydrogen-bond acceptors (Lipinski definition) is 3. The van der Waals surface area contributed by atoms with Gasteiger partial charge in [-0.3, -0.25) is 0 Å². The number of nitrogens with zero attached hydrogens (tertiary/aromatic N) is 2. The number of para-hydroxylation sites is 1. The van der Waals surface area contributed by atoms with E-state index in [-0.39, 0.29) is 17.4 Å². The smallest absolute Gasteiger partial charge is 0.157 e. The zero-order valence-corrected chi connectivity index (χ0v) is 8.31. The largest absolute Gasteiger partial charge is 0.542 e. The van der Waals surface area contributed by atoms with Gasteiger partial charge in [0, 0.05) is 6.04 Å². The van der Waals surface area contributed by atoms with Crippen LogP contribution in [0.3, 0.4) is 0 Å². The fourth-order valence-corrected chi connectivity index (χ4v) is 1.93. The minimum atomic E-state index is -1.36. The van der Waals surface area contributed by atoms with Crippen molar-refractivity contribution in [2.45, 2.75) is 18.9 Å². The molecule has 0 saturated heterocycles. The van der Waals surface area contributed by atoms with E-state index in [0.717, 1.165) is 12.8 Å². The number of benzene rings is 1. The van der Waals surface area contributed by atoms with E-state index in [2.05, 4.69) is 4.98 Å². The molecule has 1 aliphatic carbocycles. The van der Waals surface area contributed by atoms with Crippen LogP contribution in [0.15, 0.2) is 18.2 Å². The molecule has 1 saturated carbocycles. The second-order valence-electron chi connectivity index (χ2n) is 3.93. The van der Waals surface area contributed by atoms with Crippen LogP contribution in [0.5, 0.6) is 0 Å². The van der Waals surface area contributed by atoms with E-state index in [1.807, 2.05) is 0 Å². The van der Waals surface area contributed by atoms with Crippen LogP contribution in [-0.2, 0) is 0 Å². The Balaban J connectivity index is 2.37. The number of carbonyl (C=O) groups excluding carboxylic acids is 1. The van der Waals surface area contributed by atoms with E-state index in [9.17, 15) is 14.3 Å². The highest BCUT2D eigenvalue weighted by atomic mass is 19.1. The zero-order chi connectivity index (χ0) is 11.3. The van der Waals surface area contributed by atoms with Crippen molar-refractivity contribution in [3.8, 4) is 0 Å². The number of rotatable bonds is 2. The lowest BCUT2D eigenvalue weighted by Gasteiger charge is -2.07. The Morgan fingerprint density at radius 3 is 2.88 bits per heavy atom. The summed E-state index contributed by atoms with van der Waals surface area (Å²) in [5.41, 5.74) is 0.635. The molecule has 1 aromatic carbocycles. The summed E-state index contributed by atoms with van der Waals surface area (Å²) in [5, 5.41) is 10.9. The van der Waals surface area contributed by atoms with Crippen LogP contribution in [-0.4, -0.2) is 15.5 Å². The Morgan fingerprint density at radius 1 is 1.50 bits per heavy atom. The van der Waals surface area contributed by atoms with Gasteiger partial charge in [0.2, 0.25) is 0 Å². The highest BCUT2D eigenvalue weighted by molar-refractivity contribution is 5.89. The van der Waals surface area contributed by atoms with Crippen LogP contribution < -0.4 is 5.11 Å². The maximum absolute atomic E-state index is 13.4. The second-order valence-corrected chi connectivity index (χ2v) is 3.93. The summed E-state index contributed by atoms with van der Waals surface area (Å²) in [6.07, 6.45) is 1.81. The summed E-state index contributed by atoms with van der Waals surface area (Å²) in [4.78, 5) is 14.7. The molecule has 82 valence electrons. The summed E-state index contributed by atoms with van der Waals surface area (Å²) in [6.45, 7) is 0. The molecule has 0 amide bonds. The van der Waals surface area contributed by atoms with Crippen LogP contribution in [0.25, 0.3) is 11.0 Å². The van der Waals surface area contributed by atoms with Crippen molar-refractivity contribution in [3.05, 3.63) is 29.8 Å².